The highest BCUT2D eigenvalue weighted by molar-refractivity contribution is 5.99. The number of ketones is 1. The second-order valence-corrected chi connectivity index (χ2v) is 5.86. The molecule has 1 aliphatic rings. The summed E-state index contributed by atoms with van der Waals surface area (Å²) in [6.07, 6.45) is 0. The molecule has 1 aliphatic heterocycles. The van der Waals surface area contributed by atoms with E-state index in [2.05, 4.69) is 5.32 Å². The van der Waals surface area contributed by atoms with Gasteiger partial charge in [0, 0.05) is 11.1 Å². The van der Waals surface area contributed by atoms with Crippen LogP contribution in [0.2, 0.25) is 0 Å². The van der Waals surface area contributed by atoms with Crippen molar-refractivity contribution in [3.63, 3.8) is 0 Å². The number of benzene rings is 2. The molecule has 146 valence electrons. The van der Waals surface area contributed by atoms with E-state index in [9.17, 15) is 14.4 Å². The summed E-state index contributed by atoms with van der Waals surface area (Å²) in [5.41, 5.74) is 0.692. The van der Waals surface area contributed by atoms with Gasteiger partial charge in [-0.25, -0.2) is 0 Å². The zero-order chi connectivity index (χ0) is 19.9. The molecular formula is C20H19NO7. The van der Waals surface area contributed by atoms with E-state index in [-0.39, 0.29) is 12.3 Å². The lowest BCUT2D eigenvalue weighted by Crippen LogP contribution is -2.31. The number of carbonyl (C=O) groups excluding carboxylic acids is 3. The molecule has 2 aromatic rings. The third kappa shape index (κ3) is 4.79. The first-order chi connectivity index (χ1) is 13.6. The highest BCUT2D eigenvalue weighted by atomic mass is 16.6. The summed E-state index contributed by atoms with van der Waals surface area (Å²) in [7, 11) is 1.49. The molecule has 0 saturated heterocycles. The van der Waals surface area contributed by atoms with E-state index in [1.54, 1.807) is 42.5 Å². The predicted octanol–water partition coefficient (Wildman–Crippen LogP) is 1.62. The molecule has 0 aromatic heterocycles. The molecule has 1 heterocycles. The maximum Gasteiger partial charge on any atom is 0.325 e. The number of carbonyl (C=O) groups is 3. The number of methoxy groups -OCH3 is 1. The molecule has 0 aliphatic carbocycles. The summed E-state index contributed by atoms with van der Waals surface area (Å²) >= 11 is 0. The number of nitrogens with one attached hydrogen (secondary N) is 1. The van der Waals surface area contributed by atoms with Crippen molar-refractivity contribution < 1.29 is 33.3 Å². The summed E-state index contributed by atoms with van der Waals surface area (Å²) in [6, 6.07) is 11.3. The molecule has 3 rings (SSSR count). The summed E-state index contributed by atoms with van der Waals surface area (Å²) in [4.78, 5) is 36.0. The predicted molar refractivity (Wildman–Crippen MR) is 98.0 cm³/mol. The van der Waals surface area contributed by atoms with Crippen LogP contribution in [0.25, 0.3) is 0 Å². The van der Waals surface area contributed by atoms with Gasteiger partial charge in [0.15, 0.2) is 23.9 Å². The lowest BCUT2D eigenvalue weighted by molar-refractivity contribution is -0.141. The van der Waals surface area contributed by atoms with E-state index in [4.69, 9.17) is 18.9 Å². The maximum atomic E-state index is 12.2. The minimum absolute atomic E-state index is 0.345. The van der Waals surface area contributed by atoms with Crippen LogP contribution in [-0.4, -0.2) is 51.1 Å². The zero-order valence-corrected chi connectivity index (χ0v) is 15.2. The quantitative estimate of drug-likeness (QED) is 0.571. The number of Topliss-reactive ketones (excluding diaryl/α,β-unsaturated/α-hetero) is 1. The molecule has 1 N–H and O–H groups in total. The van der Waals surface area contributed by atoms with Gasteiger partial charge in [-0.05, 0) is 36.4 Å². The van der Waals surface area contributed by atoms with Crippen molar-refractivity contribution in [1.82, 2.24) is 5.32 Å². The zero-order valence-electron chi connectivity index (χ0n) is 15.2. The average molecular weight is 385 g/mol. The van der Waals surface area contributed by atoms with Gasteiger partial charge < -0.3 is 24.3 Å². The van der Waals surface area contributed by atoms with Gasteiger partial charge in [-0.1, -0.05) is 6.07 Å². The first-order valence-electron chi connectivity index (χ1n) is 8.57. The topological polar surface area (TPSA) is 100 Å². The fraction of sp³-hybridized carbons (Fsp3) is 0.250. The van der Waals surface area contributed by atoms with E-state index < -0.39 is 18.5 Å². The Balaban J connectivity index is 1.47. The van der Waals surface area contributed by atoms with Crippen LogP contribution in [0.4, 0.5) is 0 Å². The number of fused-ring (bicyclic) bond motifs is 1. The molecule has 28 heavy (non-hydrogen) atoms. The lowest BCUT2D eigenvalue weighted by atomic mass is 10.1. The number of ether oxygens (including phenoxy) is 4. The van der Waals surface area contributed by atoms with Crippen molar-refractivity contribution in [3.05, 3.63) is 53.6 Å². The normalized spacial score (nSPS) is 12.0. The Hall–Kier alpha value is -3.55. The highest BCUT2D eigenvalue weighted by Gasteiger charge is 2.16. The Kier molecular flexibility index (Phi) is 6.11. The van der Waals surface area contributed by atoms with Crippen molar-refractivity contribution in [3.8, 4) is 17.2 Å². The molecule has 0 saturated carbocycles. The number of hydrogen-bond acceptors (Lipinski definition) is 7. The Labute approximate surface area is 161 Å². The van der Waals surface area contributed by atoms with Crippen LogP contribution in [0.5, 0.6) is 17.2 Å². The molecule has 0 atom stereocenters. The Morgan fingerprint density at radius 2 is 1.79 bits per heavy atom. The van der Waals surface area contributed by atoms with Gasteiger partial charge in [-0.3, -0.25) is 14.4 Å². The van der Waals surface area contributed by atoms with Crippen LogP contribution in [0.3, 0.4) is 0 Å². The van der Waals surface area contributed by atoms with Gasteiger partial charge in [0.2, 0.25) is 0 Å². The molecule has 2 aromatic carbocycles. The molecule has 0 fully saturated rings. The van der Waals surface area contributed by atoms with Crippen molar-refractivity contribution in [2.24, 2.45) is 0 Å². The first-order valence-corrected chi connectivity index (χ1v) is 8.57. The van der Waals surface area contributed by atoms with Crippen LogP contribution in [0.1, 0.15) is 20.7 Å². The van der Waals surface area contributed by atoms with Crippen LogP contribution < -0.4 is 19.5 Å². The highest BCUT2D eigenvalue weighted by Crippen LogP contribution is 2.30. The van der Waals surface area contributed by atoms with Crippen LogP contribution in [0.15, 0.2) is 42.5 Å². The van der Waals surface area contributed by atoms with E-state index in [1.165, 1.54) is 7.11 Å². The van der Waals surface area contributed by atoms with Crippen molar-refractivity contribution in [1.29, 1.82) is 0 Å². The Morgan fingerprint density at radius 1 is 1.00 bits per heavy atom. The molecule has 0 unspecified atom stereocenters. The minimum Gasteiger partial charge on any atom is -0.497 e. The summed E-state index contributed by atoms with van der Waals surface area (Å²) in [6.45, 7) is 0.0734. The second-order valence-electron chi connectivity index (χ2n) is 5.86. The molecular weight excluding hydrogens is 366 g/mol. The van der Waals surface area contributed by atoms with Gasteiger partial charge in [-0.15, -0.1) is 0 Å². The van der Waals surface area contributed by atoms with Crippen LogP contribution >= 0.6 is 0 Å². The standard InChI is InChI=1S/C20H19NO7/c1-25-15-4-2-3-14(9-15)20(24)21-11-19(23)28-12-16(22)13-5-6-17-18(10-13)27-8-7-26-17/h2-6,9-10H,7-8,11-12H2,1H3,(H,21,24). The fourth-order valence-corrected chi connectivity index (χ4v) is 2.52. The van der Waals surface area contributed by atoms with Gasteiger partial charge in [-0.2, -0.15) is 0 Å². The molecule has 1 amide bonds. The minimum atomic E-state index is -0.720. The summed E-state index contributed by atoms with van der Waals surface area (Å²) in [5.74, 6) is 0.0230. The smallest absolute Gasteiger partial charge is 0.325 e. The van der Waals surface area contributed by atoms with E-state index in [0.717, 1.165) is 0 Å². The summed E-state index contributed by atoms with van der Waals surface area (Å²) in [5, 5.41) is 2.44. The van der Waals surface area contributed by atoms with Gasteiger partial charge in [0.1, 0.15) is 25.5 Å². The lowest BCUT2D eigenvalue weighted by Gasteiger charge is -2.18. The van der Waals surface area contributed by atoms with E-state index in [1.807, 2.05) is 0 Å². The number of hydrogen-bond donors (Lipinski definition) is 1. The SMILES string of the molecule is COc1cccc(C(=O)NCC(=O)OCC(=O)c2ccc3c(c2)OCCO3)c1. The largest absolute Gasteiger partial charge is 0.497 e. The molecule has 8 nitrogen and oxygen atoms in total. The first kappa shape index (κ1) is 19.2. The third-order valence-electron chi connectivity index (χ3n) is 3.95. The average Bonchev–Trinajstić information content (AvgIpc) is 2.75. The molecule has 8 heteroatoms. The van der Waals surface area contributed by atoms with Crippen LogP contribution in [-0.2, 0) is 9.53 Å². The number of esters is 1. The van der Waals surface area contributed by atoms with Crippen molar-refractivity contribution in [2.45, 2.75) is 0 Å². The number of amides is 1. The molecule has 0 spiro atoms. The Morgan fingerprint density at radius 3 is 2.57 bits per heavy atom. The molecule has 0 bridgehead atoms. The van der Waals surface area contributed by atoms with E-state index >= 15 is 0 Å². The second kappa shape index (κ2) is 8.90. The third-order valence-corrected chi connectivity index (χ3v) is 3.95. The van der Waals surface area contributed by atoms with Gasteiger partial charge in [0.05, 0.1) is 7.11 Å². The van der Waals surface area contributed by atoms with Crippen LogP contribution in [0, 0.1) is 0 Å². The van der Waals surface area contributed by atoms with Gasteiger partial charge in [0.25, 0.3) is 5.91 Å². The van der Waals surface area contributed by atoms with Gasteiger partial charge >= 0.3 is 5.97 Å². The maximum absolute atomic E-state index is 12.2. The molecule has 0 radical (unpaired) electrons. The number of rotatable bonds is 7. The Bertz CT molecular complexity index is 894. The van der Waals surface area contributed by atoms with Crippen molar-refractivity contribution in [2.75, 3.05) is 33.5 Å². The van der Waals surface area contributed by atoms with Crippen molar-refractivity contribution >= 4 is 17.7 Å². The monoisotopic (exact) mass is 385 g/mol. The van der Waals surface area contributed by atoms with E-state index in [0.29, 0.717) is 41.6 Å². The summed E-state index contributed by atoms with van der Waals surface area (Å²) < 4.78 is 20.8. The fourth-order valence-electron chi connectivity index (χ4n) is 2.52.